The first-order valence-corrected chi connectivity index (χ1v) is 9.02. The molecule has 4 aromatic rings. The van der Waals surface area contributed by atoms with E-state index >= 15 is 0 Å². The Kier molecular flexibility index (Phi) is 5.01. The molecule has 0 bridgehead atoms. The maximum atomic E-state index is 6.15. The molecule has 1 heterocycles. The Labute approximate surface area is 166 Å². The van der Waals surface area contributed by atoms with E-state index in [4.69, 9.17) is 23.2 Å². The zero-order valence-corrected chi connectivity index (χ0v) is 15.6. The molecule has 0 fully saturated rings. The van der Waals surface area contributed by atoms with Crippen LogP contribution in [-0.4, -0.2) is 16.2 Å². The minimum atomic E-state index is 0.461. The number of nitrogens with one attached hydrogen (secondary N) is 1. The summed E-state index contributed by atoms with van der Waals surface area (Å²) in [7, 11) is 0. The fourth-order valence-corrected chi connectivity index (χ4v) is 2.93. The molecule has 0 radical (unpaired) electrons. The van der Waals surface area contributed by atoms with Gasteiger partial charge in [-0.3, -0.25) is 5.43 Å². The molecule has 0 saturated carbocycles. The van der Waals surface area contributed by atoms with Crippen molar-refractivity contribution >= 4 is 46.1 Å². The van der Waals surface area contributed by atoms with Crippen molar-refractivity contribution in [3.05, 3.63) is 88.4 Å². The summed E-state index contributed by atoms with van der Waals surface area (Å²) in [5, 5.41) is 6.15. The first-order chi connectivity index (χ1) is 13.2. The van der Waals surface area contributed by atoms with Crippen LogP contribution < -0.4 is 5.43 Å². The zero-order chi connectivity index (χ0) is 18.6. The van der Waals surface area contributed by atoms with Gasteiger partial charge >= 0.3 is 0 Å². The Balaban J connectivity index is 1.74. The molecule has 4 rings (SSSR count). The summed E-state index contributed by atoms with van der Waals surface area (Å²) in [6.07, 6.45) is 1.75. The highest BCUT2D eigenvalue weighted by molar-refractivity contribution is 6.42. The number of nitrogens with zero attached hydrogens (tertiary/aromatic N) is 3. The number of aromatic nitrogens is 2. The number of anilines is 1. The molecule has 3 aromatic carbocycles. The van der Waals surface area contributed by atoms with E-state index in [1.165, 1.54) is 0 Å². The summed E-state index contributed by atoms with van der Waals surface area (Å²) >= 11 is 12.2. The molecule has 0 amide bonds. The lowest BCUT2D eigenvalue weighted by atomic mass is 10.2. The number of rotatable bonds is 4. The molecule has 132 valence electrons. The van der Waals surface area contributed by atoms with Crippen molar-refractivity contribution in [2.45, 2.75) is 0 Å². The van der Waals surface area contributed by atoms with Gasteiger partial charge in [0.2, 0.25) is 0 Å². The van der Waals surface area contributed by atoms with Crippen molar-refractivity contribution in [1.82, 2.24) is 9.97 Å². The second-order valence-corrected chi connectivity index (χ2v) is 6.64. The fraction of sp³-hybridized carbons (Fsp3) is 0. The molecule has 6 heteroatoms. The van der Waals surface area contributed by atoms with Crippen molar-refractivity contribution in [3.8, 4) is 11.4 Å². The van der Waals surface area contributed by atoms with Crippen LogP contribution in [0, 0.1) is 0 Å². The van der Waals surface area contributed by atoms with Gasteiger partial charge in [-0.15, -0.1) is 0 Å². The molecule has 0 aliphatic carbocycles. The molecule has 4 nitrogen and oxygen atoms in total. The number of fused-ring (bicyclic) bond motifs is 1. The summed E-state index contributed by atoms with van der Waals surface area (Å²) in [6.45, 7) is 0. The first-order valence-electron chi connectivity index (χ1n) is 8.27. The second-order valence-electron chi connectivity index (χ2n) is 5.82. The number of benzene rings is 3. The summed E-state index contributed by atoms with van der Waals surface area (Å²) < 4.78 is 0. The normalized spacial score (nSPS) is 11.2. The highest BCUT2D eigenvalue weighted by Gasteiger charge is 2.10. The standard InChI is InChI=1S/C21H14Cl2N4/c22-17-11-10-15(12-18(17)23)20-25-19-9-5-4-8-16(19)21(26-20)27-24-13-14-6-2-1-3-7-14/h1-13H,(H,25,26,27). The average molecular weight is 393 g/mol. The highest BCUT2D eigenvalue weighted by Crippen LogP contribution is 2.29. The van der Waals surface area contributed by atoms with Crippen LogP contribution in [0.25, 0.3) is 22.3 Å². The Morgan fingerprint density at radius 3 is 2.41 bits per heavy atom. The summed E-state index contributed by atoms with van der Waals surface area (Å²) in [4.78, 5) is 9.27. The van der Waals surface area contributed by atoms with Crippen molar-refractivity contribution < 1.29 is 0 Å². The minimum Gasteiger partial charge on any atom is -0.261 e. The molecule has 0 spiro atoms. The number of hydrogen-bond donors (Lipinski definition) is 1. The Morgan fingerprint density at radius 2 is 1.59 bits per heavy atom. The van der Waals surface area contributed by atoms with Gasteiger partial charge in [0.15, 0.2) is 11.6 Å². The van der Waals surface area contributed by atoms with Gasteiger partial charge in [-0.25, -0.2) is 9.97 Å². The monoisotopic (exact) mass is 392 g/mol. The zero-order valence-electron chi connectivity index (χ0n) is 14.1. The van der Waals surface area contributed by atoms with Gasteiger partial charge < -0.3 is 0 Å². The number of halogens is 2. The second kappa shape index (κ2) is 7.74. The van der Waals surface area contributed by atoms with Crippen molar-refractivity contribution in [3.63, 3.8) is 0 Å². The Bertz CT molecular complexity index is 1130. The van der Waals surface area contributed by atoms with Crippen molar-refractivity contribution in [1.29, 1.82) is 0 Å². The minimum absolute atomic E-state index is 0.461. The summed E-state index contributed by atoms with van der Waals surface area (Å²) in [5.74, 6) is 1.17. The summed E-state index contributed by atoms with van der Waals surface area (Å²) in [6, 6.07) is 22.9. The smallest absolute Gasteiger partial charge is 0.162 e. The van der Waals surface area contributed by atoms with Crippen LogP contribution in [0.3, 0.4) is 0 Å². The van der Waals surface area contributed by atoms with Crippen LogP contribution in [0.5, 0.6) is 0 Å². The number of hydrazone groups is 1. The van der Waals surface area contributed by atoms with Crippen LogP contribution in [-0.2, 0) is 0 Å². The molecule has 1 aromatic heterocycles. The van der Waals surface area contributed by atoms with Gasteiger partial charge in [0.05, 0.1) is 21.8 Å². The Morgan fingerprint density at radius 1 is 0.815 bits per heavy atom. The summed E-state index contributed by atoms with van der Waals surface area (Å²) in [5.41, 5.74) is 5.62. The van der Waals surface area contributed by atoms with E-state index in [-0.39, 0.29) is 0 Å². The van der Waals surface area contributed by atoms with Crippen LogP contribution in [0.2, 0.25) is 10.0 Å². The molecule has 1 N–H and O–H groups in total. The maximum Gasteiger partial charge on any atom is 0.162 e. The van der Waals surface area contributed by atoms with E-state index in [0.717, 1.165) is 22.0 Å². The van der Waals surface area contributed by atoms with E-state index in [0.29, 0.717) is 21.7 Å². The lowest BCUT2D eigenvalue weighted by Gasteiger charge is -2.09. The number of hydrogen-bond acceptors (Lipinski definition) is 4. The van der Waals surface area contributed by atoms with Crippen molar-refractivity contribution in [2.75, 3.05) is 5.43 Å². The molecule has 27 heavy (non-hydrogen) atoms. The van der Waals surface area contributed by atoms with Gasteiger partial charge in [0.25, 0.3) is 0 Å². The first kappa shape index (κ1) is 17.5. The van der Waals surface area contributed by atoms with E-state index < -0.39 is 0 Å². The van der Waals surface area contributed by atoms with Gasteiger partial charge in [-0.1, -0.05) is 65.7 Å². The van der Waals surface area contributed by atoms with E-state index in [2.05, 4.69) is 20.5 Å². The van der Waals surface area contributed by atoms with E-state index in [1.807, 2.05) is 60.7 Å². The lowest BCUT2D eigenvalue weighted by Crippen LogP contribution is -1.99. The lowest BCUT2D eigenvalue weighted by molar-refractivity contribution is 1.19. The van der Waals surface area contributed by atoms with E-state index in [9.17, 15) is 0 Å². The maximum absolute atomic E-state index is 6.15. The predicted molar refractivity (Wildman–Crippen MR) is 113 cm³/mol. The van der Waals surface area contributed by atoms with Crippen LogP contribution >= 0.6 is 23.2 Å². The molecule has 0 saturated heterocycles. The molecular weight excluding hydrogens is 379 g/mol. The molecule has 0 aliphatic rings. The topological polar surface area (TPSA) is 50.2 Å². The van der Waals surface area contributed by atoms with Gasteiger partial charge in [0, 0.05) is 10.9 Å². The third-order valence-electron chi connectivity index (χ3n) is 3.96. The predicted octanol–water partition coefficient (Wildman–Crippen LogP) is 6.05. The van der Waals surface area contributed by atoms with Gasteiger partial charge in [0.1, 0.15) is 0 Å². The Hall–Kier alpha value is -2.95. The van der Waals surface area contributed by atoms with Crippen molar-refractivity contribution in [2.24, 2.45) is 5.10 Å². The van der Waals surface area contributed by atoms with Gasteiger partial charge in [-0.2, -0.15) is 5.10 Å². The highest BCUT2D eigenvalue weighted by atomic mass is 35.5. The molecule has 0 unspecified atom stereocenters. The fourth-order valence-electron chi connectivity index (χ4n) is 2.63. The third kappa shape index (κ3) is 3.92. The third-order valence-corrected chi connectivity index (χ3v) is 4.70. The molecule has 0 aliphatic heterocycles. The van der Waals surface area contributed by atoms with Crippen LogP contribution in [0.4, 0.5) is 5.82 Å². The van der Waals surface area contributed by atoms with Crippen LogP contribution in [0.1, 0.15) is 5.56 Å². The van der Waals surface area contributed by atoms with Crippen LogP contribution in [0.15, 0.2) is 77.9 Å². The SMILES string of the molecule is Clc1ccc(-c2nc(NN=Cc3ccccc3)c3ccccc3n2)cc1Cl. The van der Waals surface area contributed by atoms with E-state index in [1.54, 1.807) is 18.3 Å². The average Bonchev–Trinajstić information content (AvgIpc) is 2.70. The quantitative estimate of drug-likeness (QED) is 0.339. The largest absolute Gasteiger partial charge is 0.261 e. The van der Waals surface area contributed by atoms with Gasteiger partial charge in [-0.05, 0) is 35.9 Å². The number of para-hydroxylation sites is 1. The molecule has 0 atom stereocenters. The molecular formula is C21H14Cl2N4.